The van der Waals surface area contributed by atoms with E-state index in [0.29, 0.717) is 62.5 Å². The van der Waals surface area contributed by atoms with E-state index in [0.717, 1.165) is 99.9 Å². The molecule has 7 rings (SSSR count). The fourth-order valence-electron chi connectivity index (χ4n) is 8.28. The van der Waals surface area contributed by atoms with Crippen LogP contribution in [0.5, 0.6) is 5.75 Å². The number of aliphatic carboxylic acids is 1. The van der Waals surface area contributed by atoms with Crippen LogP contribution in [0, 0.1) is 13.8 Å². The quantitative estimate of drug-likeness (QED) is 0.0211. The number of fused-ring (bicyclic) bond motifs is 2. The van der Waals surface area contributed by atoms with Crippen LogP contribution in [0.1, 0.15) is 72.6 Å². The second-order valence-electron chi connectivity index (χ2n) is 16.8. The number of benzene rings is 2. The molecule has 0 unspecified atom stereocenters. The largest absolute Gasteiger partial charge is 0.494 e. The summed E-state index contributed by atoms with van der Waals surface area (Å²) in [6.45, 7) is 14.8. The summed E-state index contributed by atoms with van der Waals surface area (Å²) in [6.07, 6.45) is 8.58. The summed E-state index contributed by atoms with van der Waals surface area (Å²) >= 11 is 9.65. The molecule has 1 atom stereocenters. The molecule has 68 heavy (non-hydrogen) atoms. The summed E-state index contributed by atoms with van der Waals surface area (Å²) in [6, 6.07) is 17.5. The molecule has 0 aliphatic carbocycles. The van der Waals surface area contributed by atoms with Gasteiger partial charge in [0.15, 0.2) is 0 Å². The molecule has 1 fully saturated rings. The second-order valence-corrected chi connectivity index (χ2v) is 19.6. The number of ether oxygens (including phenoxy) is 4. The Morgan fingerprint density at radius 3 is 2.50 bits per heavy atom. The molecule has 0 bridgehead atoms. The number of aryl methyl sites for hydroxylation is 1. The number of carbonyl (C=O) groups excluding carboxylic acids is 1. The van der Waals surface area contributed by atoms with Crippen molar-refractivity contribution in [2.45, 2.75) is 82.8 Å². The Bertz CT molecular complexity index is 2570. The third kappa shape index (κ3) is 13.6. The maximum atomic E-state index is 13.3. The van der Waals surface area contributed by atoms with E-state index in [1.54, 1.807) is 41.1 Å². The van der Waals surface area contributed by atoms with Gasteiger partial charge in [0.1, 0.15) is 16.6 Å². The van der Waals surface area contributed by atoms with E-state index in [1.165, 1.54) is 4.88 Å². The minimum absolute atomic E-state index is 0.0873. The van der Waals surface area contributed by atoms with Crippen LogP contribution in [0.25, 0.3) is 16.6 Å². The van der Waals surface area contributed by atoms with Crippen LogP contribution in [0.3, 0.4) is 0 Å². The number of hydrogen-bond acceptors (Lipinski definition) is 13. The van der Waals surface area contributed by atoms with Crippen molar-refractivity contribution in [2.24, 2.45) is 15.2 Å². The Kier molecular flexibility index (Phi) is 18.6. The number of anilines is 1. The lowest BCUT2D eigenvalue weighted by atomic mass is 9.99. The van der Waals surface area contributed by atoms with E-state index >= 15 is 0 Å². The third-order valence-corrected chi connectivity index (χ3v) is 14.6. The second kappa shape index (κ2) is 24.9. The smallest absolute Gasteiger partial charge is 0.307 e. The number of piperidine rings is 1. The molecule has 1 saturated heterocycles. The summed E-state index contributed by atoms with van der Waals surface area (Å²) in [4.78, 5) is 34.3. The van der Waals surface area contributed by atoms with E-state index in [2.05, 4.69) is 62.5 Å². The van der Waals surface area contributed by atoms with Crippen LogP contribution in [-0.4, -0.2) is 128 Å². The highest BCUT2D eigenvalue weighted by Crippen LogP contribution is 2.41. The highest BCUT2D eigenvalue weighted by molar-refractivity contribution is 7.97. The van der Waals surface area contributed by atoms with Gasteiger partial charge in [-0.15, -0.1) is 16.4 Å². The monoisotopic (exact) mass is 984 g/mol. The Morgan fingerprint density at radius 2 is 1.75 bits per heavy atom. The Labute approximate surface area is 411 Å². The molecule has 2 N–H and O–H groups in total. The van der Waals surface area contributed by atoms with Crippen LogP contribution in [-0.2, 0) is 30.2 Å². The third-order valence-electron chi connectivity index (χ3n) is 12.0. The van der Waals surface area contributed by atoms with Crippen molar-refractivity contribution in [3.63, 3.8) is 0 Å². The van der Waals surface area contributed by atoms with Gasteiger partial charge in [0.05, 0.1) is 68.8 Å². The molecular weight excluding hydrogens is 924 g/mol. The molecule has 362 valence electrons. The number of aliphatic imine (C=N–C) groups is 1. The van der Waals surface area contributed by atoms with E-state index in [4.69, 9.17) is 35.5 Å². The summed E-state index contributed by atoms with van der Waals surface area (Å²) in [5.41, 5.74) is 7.42. The number of methoxy groups -OCH3 is 1. The maximum absolute atomic E-state index is 13.3. The number of nitrogens with one attached hydrogen (secondary N) is 1. The molecule has 2 aromatic carbocycles. The Balaban J connectivity index is 0.820. The number of carbonyl (C=O) groups is 2. The predicted octanol–water partition coefficient (Wildman–Crippen LogP) is 8.93. The number of hydrogen-bond donors (Lipinski definition) is 2. The number of carboxylic acid groups (broad SMARTS) is 1. The Morgan fingerprint density at radius 1 is 0.985 bits per heavy atom. The predicted molar refractivity (Wildman–Crippen MR) is 273 cm³/mol. The zero-order valence-corrected chi connectivity index (χ0v) is 41.6. The van der Waals surface area contributed by atoms with Crippen molar-refractivity contribution in [3.05, 3.63) is 99.1 Å². The number of rotatable bonds is 23. The number of aromatic nitrogens is 2. The van der Waals surface area contributed by atoms with E-state index in [1.807, 2.05) is 55.6 Å². The van der Waals surface area contributed by atoms with Gasteiger partial charge in [-0.25, -0.2) is 8.82 Å². The summed E-state index contributed by atoms with van der Waals surface area (Å²) < 4.78 is 27.5. The van der Waals surface area contributed by atoms with Gasteiger partial charge in [-0.2, -0.15) is 10.2 Å². The number of halogens is 1. The lowest BCUT2D eigenvalue weighted by Gasteiger charge is -2.30. The van der Waals surface area contributed by atoms with Crippen molar-refractivity contribution in [1.82, 2.24) is 19.2 Å². The minimum Gasteiger partial charge on any atom is -0.494 e. The van der Waals surface area contributed by atoms with Crippen molar-refractivity contribution in [1.29, 1.82) is 0 Å². The standard InChI is InChI=1S/C50H61ClN8O7S2/c1-33-34(2)67-50-48(33)49(36-9-11-39(51)12-10-36)55-40(32-58(50)35(3)56-52-4)29-46(60)53-18-24-65-26-25-64-22-7-6-8-23-66-42-13-14-43(45(30-42)68-57-19-16-41(63-5)17-20-57)37-15-21-59-44(27-37)38(31-54-59)28-47(61)62/h9-15,21,27,30-31,40-41H,4,6-8,16-20,22-26,28-29,32H2,1-3,5H3,(H,53,60)(H,61,62)/b56-35-/t40-/m0/s1. The molecule has 0 saturated carbocycles. The van der Waals surface area contributed by atoms with Gasteiger partial charge in [-0.1, -0.05) is 23.7 Å². The van der Waals surface area contributed by atoms with E-state index in [-0.39, 0.29) is 30.9 Å². The maximum Gasteiger partial charge on any atom is 0.307 e. The molecule has 0 radical (unpaired) electrons. The van der Waals surface area contributed by atoms with Gasteiger partial charge in [0, 0.05) is 84.3 Å². The van der Waals surface area contributed by atoms with Crippen molar-refractivity contribution in [3.8, 4) is 16.9 Å². The molecule has 2 aliphatic heterocycles. The first-order valence-electron chi connectivity index (χ1n) is 23.1. The first-order valence-corrected chi connectivity index (χ1v) is 25.0. The van der Waals surface area contributed by atoms with Gasteiger partial charge in [0.25, 0.3) is 0 Å². The van der Waals surface area contributed by atoms with Crippen LogP contribution in [0.4, 0.5) is 5.00 Å². The molecule has 2 aliphatic rings. The van der Waals surface area contributed by atoms with E-state index in [9.17, 15) is 14.7 Å². The minimum atomic E-state index is -0.888. The average Bonchev–Trinajstić information content (AvgIpc) is 3.81. The number of nitrogens with zero attached hydrogens (tertiary/aromatic N) is 7. The van der Waals surface area contributed by atoms with Gasteiger partial charge in [-0.05, 0) is 124 Å². The number of amides is 1. The zero-order valence-electron chi connectivity index (χ0n) is 39.2. The van der Waals surface area contributed by atoms with Gasteiger partial charge < -0.3 is 34.3 Å². The Hall–Kier alpha value is -5.14. The summed E-state index contributed by atoms with van der Waals surface area (Å²) in [5.74, 6) is 0.490. The first kappa shape index (κ1) is 50.7. The lowest BCUT2D eigenvalue weighted by molar-refractivity contribution is -0.136. The van der Waals surface area contributed by atoms with Crippen molar-refractivity contribution in [2.75, 3.05) is 71.2 Å². The molecule has 18 heteroatoms. The summed E-state index contributed by atoms with van der Waals surface area (Å²) in [5, 5.41) is 26.5. The topological polar surface area (TPSA) is 164 Å². The number of unbranched alkanes of at least 4 members (excludes halogenated alkanes) is 2. The fourth-order valence-corrected chi connectivity index (χ4v) is 10.7. The van der Waals surface area contributed by atoms with E-state index < -0.39 is 5.97 Å². The van der Waals surface area contributed by atoms with Crippen LogP contribution in [0.2, 0.25) is 5.02 Å². The molecule has 5 heterocycles. The first-order chi connectivity index (χ1) is 33.0. The lowest BCUT2D eigenvalue weighted by Crippen LogP contribution is -2.38. The number of pyridine rings is 1. The number of amidine groups is 1. The average molecular weight is 986 g/mol. The highest BCUT2D eigenvalue weighted by atomic mass is 35.5. The molecule has 15 nitrogen and oxygen atoms in total. The van der Waals surface area contributed by atoms with Gasteiger partial charge in [-0.3, -0.25) is 14.6 Å². The van der Waals surface area contributed by atoms with Gasteiger partial charge in [0.2, 0.25) is 5.91 Å². The molecule has 5 aromatic rings. The fraction of sp³-hybridized carbons (Fsp3) is 0.440. The highest BCUT2D eigenvalue weighted by Gasteiger charge is 2.31. The van der Waals surface area contributed by atoms with Crippen molar-refractivity contribution >= 4 is 75.5 Å². The van der Waals surface area contributed by atoms with Crippen LogP contribution < -0.4 is 15.0 Å². The molecule has 0 spiro atoms. The molecular formula is C50H61ClN8O7S2. The number of carboxylic acids is 1. The molecule has 3 aromatic heterocycles. The van der Waals surface area contributed by atoms with Crippen LogP contribution >= 0.6 is 34.9 Å². The van der Waals surface area contributed by atoms with Crippen LogP contribution in [0.15, 0.2) is 87.1 Å². The zero-order chi connectivity index (χ0) is 48.0. The number of thiophene rings is 1. The molecule has 1 amide bonds. The summed E-state index contributed by atoms with van der Waals surface area (Å²) in [7, 11) is 1.78. The van der Waals surface area contributed by atoms with Gasteiger partial charge >= 0.3 is 5.97 Å². The SMILES string of the molecule is C=N/N=C(/C)N1C[C@H](CC(=O)NCCOCCOCCCCCOc2ccc(-c3ccn4ncc(CC(=O)O)c4c3)c(SN3CCC(OC)CC3)c2)N=C(c2ccc(Cl)cc2)c2c1sc(C)c2C. The van der Waals surface area contributed by atoms with Crippen molar-refractivity contribution < 1.29 is 33.6 Å². The normalized spacial score (nSPS) is 15.8.